The lowest BCUT2D eigenvalue weighted by Gasteiger charge is -2.35. The number of fused-ring (bicyclic) bond motifs is 4. The standard InChI is InChI=1S/C46H50N6O4/c1-45(2,3)55-43(53)51-21-7-8-39(51)41-47-26-38(50-41)33-16-15-30-22-29(13-14-31(30)23-33)27-9-11-28(12-10-27)32-18-20-36-37(25-32)49-42(48-36)40-34-17-19-35(24-34)52(40)44(54)56-46(4,5)6/h9-16,18,20,22-23,25-26,34-35,39-40H,7-8,17,19,21,24H2,1-6H3,(H,47,50)(H,48,49)/t34?,35-,39+,40+/m1/s1. The zero-order valence-corrected chi connectivity index (χ0v) is 33.1. The van der Waals surface area contributed by atoms with Crippen LogP contribution in [0.4, 0.5) is 9.59 Å². The van der Waals surface area contributed by atoms with Gasteiger partial charge in [0.25, 0.3) is 0 Å². The second-order valence-electron chi connectivity index (χ2n) is 17.8. The molecule has 10 heteroatoms. The molecule has 1 aliphatic carbocycles. The summed E-state index contributed by atoms with van der Waals surface area (Å²) in [5, 5.41) is 2.30. The molecule has 2 aromatic heterocycles. The van der Waals surface area contributed by atoms with Gasteiger partial charge in [-0.2, -0.15) is 0 Å². The van der Waals surface area contributed by atoms with Crippen LogP contribution in [0.2, 0.25) is 0 Å². The largest absolute Gasteiger partial charge is 0.444 e. The fourth-order valence-electron chi connectivity index (χ4n) is 8.96. The maximum absolute atomic E-state index is 13.3. The number of likely N-dealkylation sites (tertiary alicyclic amines) is 2. The lowest BCUT2D eigenvalue weighted by molar-refractivity contribution is 0.00616. The van der Waals surface area contributed by atoms with Gasteiger partial charge >= 0.3 is 12.2 Å². The number of benzene rings is 4. The number of rotatable bonds is 5. The highest BCUT2D eigenvalue weighted by Crippen LogP contribution is 2.50. The van der Waals surface area contributed by atoms with Crippen LogP contribution in [-0.4, -0.2) is 65.7 Å². The molecular weight excluding hydrogens is 701 g/mol. The van der Waals surface area contributed by atoms with E-state index in [1.165, 1.54) is 0 Å². The molecule has 3 aliphatic rings. The molecule has 56 heavy (non-hydrogen) atoms. The van der Waals surface area contributed by atoms with Gasteiger partial charge in [0.1, 0.15) is 22.9 Å². The highest BCUT2D eigenvalue weighted by atomic mass is 16.6. The molecule has 9 rings (SSSR count). The van der Waals surface area contributed by atoms with Gasteiger partial charge < -0.3 is 19.4 Å². The Balaban J connectivity index is 0.903. The van der Waals surface area contributed by atoms with E-state index in [2.05, 4.69) is 88.8 Å². The summed E-state index contributed by atoms with van der Waals surface area (Å²) in [5.41, 5.74) is 7.29. The van der Waals surface area contributed by atoms with Crippen LogP contribution in [0.15, 0.2) is 85.1 Å². The first kappa shape index (κ1) is 36.0. The molecule has 2 N–H and O–H groups in total. The number of nitrogens with zero attached hydrogens (tertiary/aromatic N) is 4. The van der Waals surface area contributed by atoms with E-state index in [0.29, 0.717) is 12.5 Å². The quantitative estimate of drug-likeness (QED) is 0.181. The summed E-state index contributed by atoms with van der Waals surface area (Å²) in [4.78, 5) is 46.7. The first-order valence-electron chi connectivity index (χ1n) is 20.0. The summed E-state index contributed by atoms with van der Waals surface area (Å²) in [7, 11) is 0. The third-order valence-electron chi connectivity index (χ3n) is 11.5. The number of ether oxygens (including phenoxy) is 2. The minimum absolute atomic E-state index is 0.0917. The Kier molecular flexibility index (Phi) is 8.71. The second-order valence-corrected chi connectivity index (χ2v) is 17.8. The SMILES string of the molecule is CC(C)(C)OC(=O)N1CCC[C@H]1c1ncc(-c2ccc3cc(-c4ccc(-c5ccc6nc([C@@H]7C8CC[C@H](C8)N7C(=O)OC(C)(C)C)[nH]c6c5)cc4)ccc3c2)[nH]1. The minimum Gasteiger partial charge on any atom is -0.444 e. The van der Waals surface area contributed by atoms with Crippen molar-refractivity contribution in [1.29, 1.82) is 0 Å². The average Bonchev–Trinajstić information content (AvgIpc) is 4.00. The van der Waals surface area contributed by atoms with Crippen LogP contribution in [0.3, 0.4) is 0 Å². The van der Waals surface area contributed by atoms with E-state index < -0.39 is 11.2 Å². The number of piperidine rings is 1. The van der Waals surface area contributed by atoms with Gasteiger partial charge in [0, 0.05) is 18.2 Å². The van der Waals surface area contributed by atoms with Crippen molar-refractivity contribution in [2.45, 2.75) is 103 Å². The number of carbonyl (C=O) groups excluding carboxylic acids is 2. The lowest BCUT2D eigenvalue weighted by atomic mass is 9.97. The van der Waals surface area contributed by atoms with E-state index in [9.17, 15) is 9.59 Å². The Morgan fingerprint density at radius 1 is 0.696 bits per heavy atom. The fourth-order valence-corrected chi connectivity index (χ4v) is 8.96. The Morgan fingerprint density at radius 2 is 1.32 bits per heavy atom. The number of hydrogen-bond donors (Lipinski definition) is 2. The molecule has 2 amide bonds. The molecule has 288 valence electrons. The smallest absolute Gasteiger partial charge is 0.411 e. The van der Waals surface area contributed by atoms with Gasteiger partial charge in [0.2, 0.25) is 0 Å². The monoisotopic (exact) mass is 750 g/mol. The van der Waals surface area contributed by atoms with Gasteiger partial charge in [-0.1, -0.05) is 54.6 Å². The van der Waals surface area contributed by atoms with Crippen LogP contribution in [0.5, 0.6) is 0 Å². The van der Waals surface area contributed by atoms with Gasteiger partial charge in [0.15, 0.2) is 0 Å². The highest BCUT2D eigenvalue weighted by Gasteiger charge is 2.51. The Bertz CT molecular complexity index is 2450. The molecule has 4 aromatic carbocycles. The molecule has 10 nitrogen and oxygen atoms in total. The zero-order chi connectivity index (χ0) is 38.9. The zero-order valence-electron chi connectivity index (χ0n) is 33.1. The predicted octanol–water partition coefficient (Wildman–Crippen LogP) is 11.0. The molecule has 2 aliphatic heterocycles. The molecule has 4 atom stereocenters. The number of carbonyl (C=O) groups is 2. The minimum atomic E-state index is -0.543. The number of aromatic nitrogens is 4. The number of amides is 2. The topological polar surface area (TPSA) is 116 Å². The molecule has 1 saturated carbocycles. The number of H-pyrrole nitrogens is 2. The normalized spacial score (nSPS) is 21.0. The third kappa shape index (κ3) is 6.90. The summed E-state index contributed by atoms with van der Waals surface area (Å²) < 4.78 is 11.5. The molecule has 0 radical (unpaired) electrons. The van der Waals surface area contributed by atoms with Crippen molar-refractivity contribution < 1.29 is 19.1 Å². The van der Waals surface area contributed by atoms with Crippen molar-refractivity contribution in [3.63, 3.8) is 0 Å². The lowest BCUT2D eigenvalue weighted by Crippen LogP contribution is -2.43. The summed E-state index contributed by atoms with van der Waals surface area (Å²) >= 11 is 0. The summed E-state index contributed by atoms with van der Waals surface area (Å²) in [6.45, 7) is 12.1. The summed E-state index contributed by atoms with van der Waals surface area (Å²) in [6.07, 6.45) is 6.22. The maximum atomic E-state index is 13.3. The second kappa shape index (κ2) is 13.5. The van der Waals surface area contributed by atoms with Crippen molar-refractivity contribution in [3.8, 4) is 33.5 Å². The number of aromatic amines is 2. The van der Waals surface area contributed by atoms with Crippen LogP contribution in [0, 0.1) is 5.92 Å². The van der Waals surface area contributed by atoms with Gasteiger partial charge in [-0.3, -0.25) is 9.80 Å². The molecular formula is C46H50N6O4. The van der Waals surface area contributed by atoms with E-state index in [1.807, 2.05) is 52.6 Å². The number of nitrogens with one attached hydrogen (secondary N) is 2. The third-order valence-corrected chi connectivity index (χ3v) is 11.5. The van der Waals surface area contributed by atoms with Crippen LogP contribution >= 0.6 is 0 Å². The van der Waals surface area contributed by atoms with E-state index in [4.69, 9.17) is 19.4 Å². The van der Waals surface area contributed by atoms with Crippen molar-refractivity contribution >= 4 is 34.0 Å². The van der Waals surface area contributed by atoms with Crippen molar-refractivity contribution in [2.24, 2.45) is 5.92 Å². The van der Waals surface area contributed by atoms with Gasteiger partial charge in [-0.25, -0.2) is 19.6 Å². The van der Waals surface area contributed by atoms with Crippen molar-refractivity contribution in [1.82, 2.24) is 29.7 Å². The van der Waals surface area contributed by atoms with E-state index in [0.717, 1.165) is 99.1 Å². The van der Waals surface area contributed by atoms with Gasteiger partial charge in [-0.15, -0.1) is 0 Å². The molecule has 6 aromatic rings. The Hall–Kier alpha value is -5.64. The van der Waals surface area contributed by atoms with E-state index >= 15 is 0 Å². The van der Waals surface area contributed by atoms with Crippen LogP contribution in [0.1, 0.15) is 97.4 Å². The van der Waals surface area contributed by atoms with Crippen molar-refractivity contribution in [3.05, 3.63) is 96.7 Å². The fraction of sp³-hybridized carbons (Fsp3) is 0.391. The Morgan fingerprint density at radius 3 is 2.04 bits per heavy atom. The molecule has 2 saturated heterocycles. The average molecular weight is 751 g/mol. The summed E-state index contributed by atoms with van der Waals surface area (Å²) in [6, 6.07) is 28.1. The predicted molar refractivity (Wildman–Crippen MR) is 219 cm³/mol. The first-order valence-corrected chi connectivity index (χ1v) is 20.0. The molecule has 2 bridgehead atoms. The molecule has 3 fully saturated rings. The van der Waals surface area contributed by atoms with Gasteiger partial charge in [0.05, 0.1) is 35.0 Å². The van der Waals surface area contributed by atoms with Gasteiger partial charge in [-0.05, 0) is 137 Å². The van der Waals surface area contributed by atoms with Crippen LogP contribution < -0.4 is 0 Å². The highest BCUT2D eigenvalue weighted by molar-refractivity contribution is 5.91. The maximum Gasteiger partial charge on any atom is 0.411 e. The molecule has 1 unspecified atom stereocenters. The van der Waals surface area contributed by atoms with Crippen molar-refractivity contribution in [2.75, 3.05) is 6.54 Å². The van der Waals surface area contributed by atoms with Crippen LogP contribution in [-0.2, 0) is 9.47 Å². The Labute approximate surface area is 327 Å². The van der Waals surface area contributed by atoms with E-state index in [1.54, 1.807) is 4.90 Å². The van der Waals surface area contributed by atoms with Crippen LogP contribution in [0.25, 0.3) is 55.3 Å². The number of imidazole rings is 2. The van der Waals surface area contributed by atoms with E-state index in [-0.39, 0.29) is 30.3 Å². The summed E-state index contributed by atoms with van der Waals surface area (Å²) in [5.74, 6) is 2.03. The molecule has 4 heterocycles. The first-order chi connectivity index (χ1) is 26.8. The molecule has 0 spiro atoms. The number of hydrogen-bond acceptors (Lipinski definition) is 6.